The van der Waals surface area contributed by atoms with E-state index in [0.717, 1.165) is 22.7 Å². The Labute approximate surface area is 143 Å². The van der Waals surface area contributed by atoms with Gasteiger partial charge in [0.1, 0.15) is 5.01 Å². The van der Waals surface area contributed by atoms with Crippen LogP contribution in [0.5, 0.6) is 11.8 Å². The van der Waals surface area contributed by atoms with Crippen LogP contribution in [-0.2, 0) is 6.42 Å². The molecule has 0 saturated carbocycles. The molecule has 124 valence electrons. The van der Waals surface area contributed by atoms with Crippen LogP contribution in [0.15, 0.2) is 36.0 Å². The van der Waals surface area contributed by atoms with Gasteiger partial charge in [-0.3, -0.25) is 4.98 Å². The molecule has 1 N–H and O–H groups in total. The minimum Gasteiger partial charge on any atom is -0.481 e. The molecule has 3 heterocycles. The van der Waals surface area contributed by atoms with Crippen molar-refractivity contribution in [3.63, 3.8) is 0 Å². The third kappa shape index (κ3) is 3.96. The SMILES string of the molecule is COc1cc(OC)nc(NCCc2csc(-c3ccncc3)n2)n1. The number of nitrogens with one attached hydrogen (secondary N) is 1. The van der Waals surface area contributed by atoms with Gasteiger partial charge in [0.05, 0.1) is 26.0 Å². The van der Waals surface area contributed by atoms with Crippen molar-refractivity contribution in [2.75, 3.05) is 26.1 Å². The van der Waals surface area contributed by atoms with Crippen LogP contribution in [0.25, 0.3) is 10.6 Å². The summed E-state index contributed by atoms with van der Waals surface area (Å²) in [7, 11) is 3.11. The molecule has 0 unspecified atom stereocenters. The van der Waals surface area contributed by atoms with E-state index in [0.29, 0.717) is 24.3 Å². The summed E-state index contributed by atoms with van der Waals surface area (Å²) in [6.45, 7) is 0.663. The normalized spacial score (nSPS) is 10.4. The third-order valence-corrected chi connectivity index (χ3v) is 4.18. The van der Waals surface area contributed by atoms with Gasteiger partial charge < -0.3 is 14.8 Å². The van der Waals surface area contributed by atoms with Crippen LogP contribution in [0.2, 0.25) is 0 Å². The summed E-state index contributed by atoms with van der Waals surface area (Å²) in [6.07, 6.45) is 4.31. The van der Waals surface area contributed by atoms with E-state index in [1.165, 1.54) is 0 Å². The standard InChI is InChI=1S/C16H17N5O2S/c1-22-13-9-14(23-2)21-16(20-13)18-8-5-12-10-24-15(19-12)11-3-6-17-7-4-11/h3-4,6-7,9-10H,5,8H2,1-2H3,(H,18,20,21). The quantitative estimate of drug-likeness (QED) is 0.706. The van der Waals surface area contributed by atoms with E-state index < -0.39 is 0 Å². The Morgan fingerprint density at radius 2 is 1.75 bits per heavy atom. The number of anilines is 1. The summed E-state index contributed by atoms with van der Waals surface area (Å²) in [4.78, 5) is 17.1. The number of aromatic nitrogens is 4. The molecule has 24 heavy (non-hydrogen) atoms. The van der Waals surface area contributed by atoms with Crippen LogP contribution < -0.4 is 14.8 Å². The second-order valence-corrected chi connectivity index (χ2v) is 5.69. The Balaban J connectivity index is 1.60. The largest absolute Gasteiger partial charge is 0.481 e. The molecule has 0 aromatic carbocycles. The molecule has 0 saturated heterocycles. The van der Waals surface area contributed by atoms with Crippen LogP contribution in [0.3, 0.4) is 0 Å². The van der Waals surface area contributed by atoms with Gasteiger partial charge in [0.2, 0.25) is 17.7 Å². The van der Waals surface area contributed by atoms with Gasteiger partial charge in [-0.05, 0) is 12.1 Å². The highest BCUT2D eigenvalue weighted by Gasteiger charge is 2.07. The lowest BCUT2D eigenvalue weighted by molar-refractivity contribution is 0.373. The van der Waals surface area contributed by atoms with Crippen molar-refractivity contribution >= 4 is 17.3 Å². The summed E-state index contributed by atoms with van der Waals surface area (Å²) < 4.78 is 10.3. The minimum atomic E-state index is 0.456. The first-order valence-electron chi connectivity index (χ1n) is 7.34. The minimum absolute atomic E-state index is 0.456. The van der Waals surface area contributed by atoms with Gasteiger partial charge in [0.25, 0.3) is 0 Å². The molecule has 0 atom stereocenters. The predicted molar refractivity (Wildman–Crippen MR) is 92.7 cm³/mol. The van der Waals surface area contributed by atoms with Gasteiger partial charge in [-0.2, -0.15) is 9.97 Å². The molecule has 7 nitrogen and oxygen atoms in total. The number of hydrogen-bond donors (Lipinski definition) is 1. The zero-order chi connectivity index (χ0) is 16.8. The lowest BCUT2D eigenvalue weighted by Gasteiger charge is -2.07. The lowest BCUT2D eigenvalue weighted by atomic mass is 10.3. The summed E-state index contributed by atoms with van der Waals surface area (Å²) in [5, 5.41) is 6.22. The molecule has 0 aliphatic carbocycles. The summed E-state index contributed by atoms with van der Waals surface area (Å²) in [5.41, 5.74) is 2.10. The highest BCUT2D eigenvalue weighted by atomic mass is 32.1. The molecule has 0 radical (unpaired) electrons. The van der Waals surface area contributed by atoms with E-state index in [4.69, 9.17) is 9.47 Å². The molecule has 3 aromatic rings. The fraction of sp³-hybridized carbons (Fsp3) is 0.250. The van der Waals surface area contributed by atoms with E-state index in [1.807, 2.05) is 12.1 Å². The van der Waals surface area contributed by atoms with Crippen molar-refractivity contribution in [3.8, 4) is 22.3 Å². The maximum absolute atomic E-state index is 5.13. The fourth-order valence-corrected chi connectivity index (χ4v) is 2.90. The molecule has 0 aliphatic heterocycles. The van der Waals surface area contributed by atoms with Crippen molar-refractivity contribution in [2.24, 2.45) is 0 Å². The maximum atomic E-state index is 5.13. The number of thiazole rings is 1. The number of rotatable bonds is 7. The van der Waals surface area contributed by atoms with Crippen molar-refractivity contribution in [1.82, 2.24) is 19.9 Å². The Bertz CT molecular complexity index is 772. The molecular formula is C16H17N5O2S. The Kier molecular flexibility index (Phi) is 5.17. The fourth-order valence-electron chi connectivity index (χ4n) is 2.04. The smallest absolute Gasteiger partial charge is 0.229 e. The Morgan fingerprint density at radius 3 is 2.42 bits per heavy atom. The van der Waals surface area contributed by atoms with Crippen molar-refractivity contribution < 1.29 is 9.47 Å². The zero-order valence-corrected chi connectivity index (χ0v) is 14.2. The van der Waals surface area contributed by atoms with Crippen molar-refractivity contribution in [1.29, 1.82) is 0 Å². The molecule has 3 aromatic heterocycles. The second kappa shape index (κ2) is 7.69. The van der Waals surface area contributed by atoms with Crippen LogP contribution in [-0.4, -0.2) is 40.7 Å². The zero-order valence-electron chi connectivity index (χ0n) is 13.4. The van der Waals surface area contributed by atoms with Crippen LogP contribution in [0.4, 0.5) is 5.95 Å². The van der Waals surface area contributed by atoms with Crippen LogP contribution >= 0.6 is 11.3 Å². The molecule has 0 fully saturated rings. The number of ether oxygens (including phenoxy) is 2. The topological polar surface area (TPSA) is 82.0 Å². The van der Waals surface area contributed by atoms with E-state index >= 15 is 0 Å². The van der Waals surface area contributed by atoms with Crippen LogP contribution in [0, 0.1) is 0 Å². The molecule has 8 heteroatoms. The molecule has 3 rings (SSSR count). The average molecular weight is 343 g/mol. The molecule has 0 spiro atoms. The van der Waals surface area contributed by atoms with Crippen LogP contribution in [0.1, 0.15) is 5.69 Å². The Hall–Kier alpha value is -2.74. The number of pyridine rings is 1. The maximum Gasteiger partial charge on any atom is 0.229 e. The first-order chi connectivity index (χ1) is 11.8. The number of nitrogens with zero attached hydrogens (tertiary/aromatic N) is 4. The monoisotopic (exact) mass is 343 g/mol. The predicted octanol–water partition coefficient (Wildman–Crippen LogP) is 2.67. The first-order valence-corrected chi connectivity index (χ1v) is 8.22. The number of hydrogen-bond acceptors (Lipinski definition) is 8. The van der Waals surface area contributed by atoms with Gasteiger partial charge in [-0.25, -0.2) is 4.98 Å². The molecule has 0 amide bonds. The summed E-state index contributed by atoms with van der Waals surface area (Å²) >= 11 is 1.62. The second-order valence-electron chi connectivity index (χ2n) is 4.83. The average Bonchev–Trinajstić information content (AvgIpc) is 3.11. The molecular weight excluding hydrogens is 326 g/mol. The van der Waals surface area contributed by atoms with Gasteiger partial charge >= 0.3 is 0 Å². The van der Waals surface area contributed by atoms with Crippen molar-refractivity contribution in [2.45, 2.75) is 6.42 Å². The molecule has 0 aliphatic rings. The highest BCUT2D eigenvalue weighted by molar-refractivity contribution is 7.13. The van der Waals surface area contributed by atoms with Gasteiger partial charge in [0, 0.05) is 36.3 Å². The van der Waals surface area contributed by atoms with E-state index in [9.17, 15) is 0 Å². The van der Waals surface area contributed by atoms with Gasteiger partial charge in [-0.15, -0.1) is 11.3 Å². The summed E-state index contributed by atoms with van der Waals surface area (Å²) in [5.74, 6) is 1.38. The van der Waals surface area contributed by atoms with Crippen molar-refractivity contribution in [3.05, 3.63) is 41.7 Å². The Morgan fingerprint density at radius 1 is 1.04 bits per heavy atom. The lowest BCUT2D eigenvalue weighted by Crippen LogP contribution is -2.09. The van der Waals surface area contributed by atoms with E-state index in [2.05, 4.69) is 30.6 Å². The van der Waals surface area contributed by atoms with Gasteiger partial charge in [-0.1, -0.05) is 0 Å². The summed E-state index contributed by atoms with van der Waals surface area (Å²) in [6, 6.07) is 5.54. The third-order valence-electron chi connectivity index (χ3n) is 3.24. The van der Waals surface area contributed by atoms with Gasteiger partial charge in [0.15, 0.2) is 0 Å². The van der Waals surface area contributed by atoms with E-state index in [-0.39, 0.29) is 0 Å². The molecule has 0 bridgehead atoms. The highest BCUT2D eigenvalue weighted by Crippen LogP contribution is 2.23. The first kappa shape index (κ1) is 16.1. The van der Waals surface area contributed by atoms with E-state index in [1.54, 1.807) is 44.0 Å². The number of methoxy groups -OCH3 is 2.